The fourth-order valence-electron chi connectivity index (χ4n) is 1.18. The van der Waals surface area contributed by atoms with Crippen molar-refractivity contribution in [1.29, 1.82) is 0 Å². The van der Waals surface area contributed by atoms with Gasteiger partial charge in [0.15, 0.2) is 0 Å². The van der Waals surface area contributed by atoms with Crippen LogP contribution in [0.1, 0.15) is 6.42 Å². The summed E-state index contributed by atoms with van der Waals surface area (Å²) in [5, 5.41) is 0.482. The van der Waals surface area contributed by atoms with Crippen LogP contribution >= 0.6 is 11.6 Å². The largest absolute Gasteiger partial charge is 0.314 e. The SMILES string of the molecule is CS(=O)(=O)NCCCn1cc(Cl)ccc1=O. The van der Waals surface area contributed by atoms with Crippen LogP contribution in [0.2, 0.25) is 5.02 Å². The van der Waals surface area contributed by atoms with Gasteiger partial charge in [-0.3, -0.25) is 4.79 Å². The van der Waals surface area contributed by atoms with Crippen LogP contribution in [0.5, 0.6) is 0 Å². The van der Waals surface area contributed by atoms with Crippen molar-refractivity contribution in [2.45, 2.75) is 13.0 Å². The van der Waals surface area contributed by atoms with Crippen molar-refractivity contribution in [3.05, 3.63) is 33.7 Å². The first kappa shape index (κ1) is 13.2. The summed E-state index contributed by atoms with van der Waals surface area (Å²) < 4.78 is 25.3. The monoisotopic (exact) mass is 264 g/mol. The smallest absolute Gasteiger partial charge is 0.250 e. The number of halogens is 1. The minimum atomic E-state index is -3.16. The van der Waals surface area contributed by atoms with Gasteiger partial charge in [-0.25, -0.2) is 13.1 Å². The lowest BCUT2D eigenvalue weighted by molar-refractivity contribution is 0.572. The fraction of sp³-hybridized carbons (Fsp3) is 0.444. The molecule has 0 amide bonds. The van der Waals surface area contributed by atoms with Gasteiger partial charge >= 0.3 is 0 Å². The van der Waals surface area contributed by atoms with Crippen LogP contribution in [0.15, 0.2) is 23.1 Å². The molecule has 1 rings (SSSR count). The Morgan fingerprint density at radius 2 is 2.12 bits per heavy atom. The molecule has 90 valence electrons. The molecule has 0 aliphatic carbocycles. The number of pyridine rings is 1. The van der Waals surface area contributed by atoms with Crippen LogP contribution in [0.3, 0.4) is 0 Å². The van der Waals surface area contributed by atoms with Gasteiger partial charge in [-0.15, -0.1) is 0 Å². The molecule has 0 aliphatic heterocycles. The standard InChI is InChI=1S/C9H13ClN2O3S/c1-16(14,15)11-5-2-6-12-7-8(10)3-4-9(12)13/h3-4,7,11H,2,5-6H2,1H3. The van der Waals surface area contributed by atoms with Gasteiger partial charge in [0.2, 0.25) is 10.0 Å². The van der Waals surface area contributed by atoms with Crippen LogP contribution in [0.4, 0.5) is 0 Å². The van der Waals surface area contributed by atoms with Crippen molar-refractivity contribution in [2.75, 3.05) is 12.8 Å². The Bertz CT molecular complexity index is 510. The maximum Gasteiger partial charge on any atom is 0.250 e. The Hall–Kier alpha value is -0.850. The van der Waals surface area contributed by atoms with Crippen molar-refractivity contribution in [3.63, 3.8) is 0 Å². The first-order valence-electron chi connectivity index (χ1n) is 4.69. The molecule has 0 saturated carbocycles. The van der Waals surface area contributed by atoms with Crippen LogP contribution in [-0.4, -0.2) is 25.8 Å². The number of hydrogen-bond donors (Lipinski definition) is 1. The Kier molecular flexibility index (Phi) is 4.52. The number of aromatic nitrogens is 1. The zero-order valence-electron chi connectivity index (χ0n) is 8.81. The van der Waals surface area contributed by atoms with Crippen molar-refractivity contribution in [1.82, 2.24) is 9.29 Å². The minimum absolute atomic E-state index is 0.149. The molecule has 0 aliphatic rings. The number of aryl methyl sites for hydroxylation is 1. The fourth-order valence-corrected chi connectivity index (χ4v) is 1.88. The molecule has 0 aromatic carbocycles. The molecule has 1 heterocycles. The highest BCUT2D eigenvalue weighted by molar-refractivity contribution is 7.88. The van der Waals surface area contributed by atoms with Crippen molar-refractivity contribution in [2.24, 2.45) is 0 Å². The van der Waals surface area contributed by atoms with Crippen LogP contribution < -0.4 is 10.3 Å². The lowest BCUT2D eigenvalue weighted by atomic mass is 10.4. The maximum absolute atomic E-state index is 11.3. The lowest BCUT2D eigenvalue weighted by Crippen LogP contribution is -2.25. The number of hydrogen-bond acceptors (Lipinski definition) is 3. The van der Waals surface area contributed by atoms with E-state index < -0.39 is 10.0 Å². The van der Waals surface area contributed by atoms with E-state index in [-0.39, 0.29) is 5.56 Å². The zero-order valence-corrected chi connectivity index (χ0v) is 10.4. The number of nitrogens with zero attached hydrogens (tertiary/aromatic N) is 1. The van der Waals surface area contributed by atoms with E-state index >= 15 is 0 Å². The van der Waals surface area contributed by atoms with Gasteiger partial charge in [0.1, 0.15) is 0 Å². The average Bonchev–Trinajstić information content (AvgIpc) is 2.16. The van der Waals surface area contributed by atoms with Crippen molar-refractivity contribution < 1.29 is 8.42 Å². The van der Waals surface area contributed by atoms with E-state index in [0.29, 0.717) is 24.5 Å². The molecule has 0 fully saturated rings. The normalized spacial score (nSPS) is 11.6. The maximum atomic E-state index is 11.3. The zero-order chi connectivity index (χ0) is 12.2. The Labute approximate surface area is 99.1 Å². The molecule has 5 nitrogen and oxygen atoms in total. The van der Waals surface area contributed by atoms with E-state index in [9.17, 15) is 13.2 Å². The molecular formula is C9H13ClN2O3S. The summed E-state index contributed by atoms with van der Waals surface area (Å²) in [4.78, 5) is 11.3. The molecule has 16 heavy (non-hydrogen) atoms. The van der Waals surface area contributed by atoms with Gasteiger partial charge in [0.25, 0.3) is 5.56 Å². The van der Waals surface area contributed by atoms with Crippen molar-refractivity contribution in [3.8, 4) is 0 Å². The van der Waals surface area contributed by atoms with Crippen LogP contribution in [-0.2, 0) is 16.6 Å². The van der Waals surface area contributed by atoms with Gasteiger partial charge in [0, 0.05) is 25.4 Å². The number of nitrogens with one attached hydrogen (secondary N) is 1. The van der Waals surface area contributed by atoms with Gasteiger partial charge in [0.05, 0.1) is 11.3 Å². The molecule has 7 heteroatoms. The highest BCUT2D eigenvalue weighted by atomic mass is 35.5. The molecule has 1 aromatic rings. The average molecular weight is 265 g/mol. The third kappa shape index (κ3) is 4.78. The Morgan fingerprint density at radius 1 is 1.44 bits per heavy atom. The molecular weight excluding hydrogens is 252 g/mol. The van der Waals surface area contributed by atoms with Gasteiger partial charge in [-0.05, 0) is 12.5 Å². The van der Waals surface area contributed by atoms with E-state index in [1.165, 1.54) is 22.9 Å². The van der Waals surface area contributed by atoms with Gasteiger partial charge < -0.3 is 4.57 Å². The summed E-state index contributed by atoms with van der Waals surface area (Å²) in [5.41, 5.74) is -0.149. The summed E-state index contributed by atoms with van der Waals surface area (Å²) in [6, 6.07) is 2.90. The van der Waals surface area contributed by atoms with E-state index in [4.69, 9.17) is 11.6 Å². The first-order valence-corrected chi connectivity index (χ1v) is 6.96. The minimum Gasteiger partial charge on any atom is -0.314 e. The van der Waals surface area contributed by atoms with Crippen molar-refractivity contribution >= 4 is 21.6 Å². The summed E-state index contributed by atoms with van der Waals surface area (Å²) >= 11 is 5.73. The second-order valence-corrected chi connectivity index (χ2v) is 5.67. The summed E-state index contributed by atoms with van der Waals surface area (Å²) in [7, 11) is -3.16. The highest BCUT2D eigenvalue weighted by Gasteiger charge is 2.00. The molecule has 0 saturated heterocycles. The topological polar surface area (TPSA) is 68.2 Å². The second kappa shape index (κ2) is 5.47. The molecule has 1 N–H and O–H groups in total. The predicted octanol–water partition coefficient (Wildman–Crippen LogP) is 0.441. The van der Waals surface area contributed by atoms with Crippen LogP contribution in [0.25, 0.3) is 0 Å². The third-order valence-electron chi connectivity index (χ3n) is 1.89. The third-order valence-corrected chi connectivity index (χ3v) is 2.84. The van der Waals surface area contributed by atoms with E-state index in [1.807, 2.05) is 0 Å². The second-order valence-electron chi connectivity index (χ2n) is 3.40. The number of rotatable bonds is 5. The first-order chi connectivity index (χ1) is 7.38. The Morgan fingerprint density at radius 3 is 2.75 bits per heavy atom. The lowest BCUT2D eigenvalue weighted by Gasteiger charge is -2.05. The molecule has 0 radical (unpaired) electrons. The Balaban J connectivity index is 2.49. The highest BCUT2D eigenvalue weighted by Crippen LogP contribution is 2.03. The molecule has 0 unspecified atom stereocenters. The molecule has 0 atom stereocenters. The van der Waals surface area contributed by atoms with E-state index in [1.54, 1.807) is 0 Å². The summed E-state index contributed by atoms with van der Waals surface area (Å²) in [6.07, 6.45) is 3.16. The van der Waals surface area contributed by atoms with E-state index in [0.717, 1.165) is 6.26 Å². The van der Waals surface area contributed by atoms with Gasteiger partial charge in [-0.2, -0.15) is 0 Å². The van der Waals surface area contributed by atoms with Gasteiger partial charge in [-0.1, -0.05) is 11.6 Å². The number of sulfonamides is 1. The predicted molar refractivity (Wildman–Crippen MR) is 63.2 cm³/mol. The summed E-state index contributed by atoms with van der Waals surface area (Å²) in [5.74, 6) is 0. The summed E-state index contributed by atoms with van der Waals surface area (Å²) in [6.45, 7) is 0.736. The van der Waals surface area contributed by atoms with E-state index in [2.05, 4.69) is 4.72 Å². The van der Waals surface area contributed by atoms with Crippen LogP contribution in [0, 0.1) is 0 Å². The molecule has 1 aromatic heterocycles. The quantitative estimate of drug-likeness (QED) is 0.785. The molecule has 0 spiro atoms. The molecule has 0 bridgehead atoms.